The zero-order chi connectivity index (χ0) is 14.9. The predicted octanol–water partition coefficient (Wildman–Crippen LogP) is 2.83. The minimum absolute atomic E-state index is 0.0894. The van der Waals surface area contributed by atoms with Gasteiger partial charge in [-0.05, 0) is 38.8 Å². The molecule has 0 unspecified atom stereocenters. The number of benzene rings is 1. The fraction of sp³-hybridized carbons (Fsp3) is 0.467. The summed E-state index contributed by atoms with van der Waals surface area (Å²) in [6.07, 6.45) is -0.0379. The monoisotopic (exact) mass is 277 g/mol. The Hall–Kier alpha value is -2.04. The topological polar surface area (TPSA) is 66.8 Å². The van der Waals surface area contributed by atoms with Crippen LogP contribution in [0.5, 0.6) is 0 Å². The van der Waals surface area contributed by atoms with Crippen molar-refractivity contribution in [2.75, 3.05) is 4.90 Å². The van der Waals surface area contributed by atoms with Crippen LogP contribution in [0.3, 0.4) is 0 Å². The van der Waals surface area contributed by atoms with Crippen LogP contribution in [0.2, 0.25) is 0 Å². The van der Waals surface area contributed by atoms with Gasteiger partial charge in [0.05, 0.1) is 18.2 Å². The second-order valence-electron chi connectivity index (χ2n) is 5.93. The molecule has 5 heteroatoms. The molecule has 0 aliphatic carbocycles. The standard InChI is InChI=1S/C15H19NO4/c1-15(2,3)20-14(19)16-11(9-13(17)18)8-10-6-4-5-7-12(10)16/h4-7,11H,8-9H2,1-3H3,(H,17,18)/t11-/m1/s1. The molecule has 0 fully saturated rings. The molecule has 5 nitrogen and oxygen atoms in total. The van der Waals surface area contributed by atoms with Crippen molar-refractivity contribution >= 4 is 17.7 Å². The maximum atomic E-state index is 12.3. The smallest absolute Gasteiger partial charge is 0.415 e. The summed E-state index contributed by atoms with van der Waals surface area (Å²) >= 11 is 0. The summed E-state index contributed by atoms with van der Waals surface area (Å²) in [6, 6.07) is 7.06. The Morgan fingerprint density at radius 1 is 1.35 bits per heavy atom. The molecule has 1 aliphatic rings. The van der Waals surface area contributed by atoms with Crippen LogP contribution in [0.15, 0.2) is 24.3 Å². The molecule has 1 atom stereocenters. The van der Waals surface area contributed by atoms with Gasteiger partial charge in [0.15, 0.2) is 0 Å². The van der Waals surface area contributed by atoms with E-state index in [1.54, 1.807) is 20.8 Å². The molecule has 1 amide bonds. The molecule has 0 spiro atoms. The largest absolute Gasteiger partial charge is 0.481 e. The number of para-hydroxylation sites is 1. The summed E-state index contributed by atoms with van der Waals surface area (Å²) in [5.41, 5.74) is 1.11. The van der Waals surface area contributed by atoms with Gasteiger partial charge in [-0.25, -0.2) is 4.79 Å². The number of fused-ring (bicyclic) bond motifs is 1. The van der Waals surface area contributed by atoms with Gasteiger partial charge in [-0.2, -0.15) is 0 Å². The first kappa shape index (κ1) is 14.4. The molecule has 108 valence electrons. The summed E-state index contributed by atoms with van der Waals surface area (Å²) in [4.78, 5) is 24.8. The Morgan fingerprint density at radius 2 is 2.00 bits per heavy atom. The Morgan fingerprint density at radius 3 is 2.60 bits per heavy atom. The number of ether oxygens (including phenoxy) is 1. The molecule has 0 bridgehead atoms. The van der Waals surface area contributed by atoms with Gasteiger partial charge in [-0.1, -0.05) is 18.2 Å². The lowest BCUT2D eigenvalue weighted by Crippen LogP contribution is -2.42. The fourth-order valence-corrected chi connectivity index (χ4v) is 2.38. The number of anilines is 1. The molecular weight excluding hydrogens is 258 g/mol. The first-order valence-electron chi connectivity index (χ1n) is 6.60. The number of hydrogen-bond acceptors (Lipinski definition) is 3. The van der Waals surface area contributed by atoms with Gasteiger partial charge in [0.2, 0.25) is 0 Å². The van der Waals surface area contributed by atoms with Crippen molar-refractivity contribution in [3.05, 3.63) is 29.8 Å². The van der Waals surface area contributed by atoms with Crippen molar-refractivity contribution in [1.82, 2.24) is 0 Å². The third-order valence-electron chi connectivity index (χ3n) is 3.07. The number of aliphatic carboxylic acids is 1. The van der Waals surface area contributed by atoms with E-state index in [1.807, 2.05) is 24.3 Å². The molecule has 1 aliphatic heterocycles. The van der Waals surface area contributed by atoms with Crippen LogP contribution in [0.4, 0.5) is 10.5 Å². The minimum Gasteiger partial charge on any atom is -0.481 e. The third-order valence-corrected chi connectivity index (χ3v) is 3.07. The summed E-state index contributed by atoms with van der Waals surface area (Å²) in [5, 5.41) is 9.01. The Balaban J connectivity index is 2.29. The third kappa shape index (κ3) is 3.10. The number of amides is 1. The highest BCUT2D eigenvalue weighted by molar-refractivity contribution is 5.92. The van der Waals surface area contributed by atoms with Crippen LogP contribution in [-0.4, -0.2) is 28.8 Å². The highest BCUT2D eigenvalue weighted by atomic mass is 16.6. The van der Waals surface area contributed by atoms with Crippen molar-refractivity contribution in [1.29, 1.82) is 0 Å². The van der Waals surface area contributed by atoms with Gasteiger partial charge in [0.25, 0.3) is 0 Å². The zero-order valence-electron chi connectivity index (χ0n) is 11.9. The summed E-state index contributed by atoms with van der Waals surface area (Å²) < 4.78 is 5.38. The highest BCUT2D eigenvalue weighted by Crippen LogP contribution is 2.34. The van der Waals surface area contributed by atoms with Crippen molar-refractivity contribution in [2.45, 2.75) is 45.3 Å². The van der Waals surface area contributed by atoms with Crippen LogP contribution < -0.4 is 4.90 Å². The average molecular weight is 277 g/mol. The average Bonchev–Trinajstić information content (AvgIpc) is 2.63. The number of hydrogen-bond donors (Lipinski definition) is 1. The van der Waals surface area contributed by atoms with Crippen molar-refractivity contribution < 1.29 is 19.4 Å². The lowest BCUT2D eigenvalue weighted by atomic mass is 10.1. The number of carboxylic acid groups (broad SMARTS) is 1. The molecule has 1 N–H and O–H groups in total. The van der Waals surface area contributed by atoms with E-state index in [0.717, 1.165) is 11.3 Å². The lowest BCUT2D eigenvalue weighted by Gasteiger charge is -2.28. The summed E-state index contributed by atoms with van der Waals surface area (Å²) in [5.74, 6) is -0.920. The van der Waals surface area contributed by atoms with E-state index in [-0.39, 0.29) is 12.5 Å². The van der Waals surface area contributed by atoms with Gasteiger partial charge in [0.1, 0.15) is 5.60 Å². The molecule has 20 heavy (non-hydrogen) atoms. The molecule has 0 radical (unpaired) electrons. The van der Waals surface area contributed by atoms with E-state index in [1.165, 1.54) is 4.90 Å². The Labute approximate surface area is 118 Å². The molecule has 1 aromatic carbocycles. The normalized spacial score (nSPS) is 17.8. The molecule has 0 saturated carbocycles. The van der Waals surface area contributed by atoms with Gasteiger partial charge >= 0.3 is 12.1 Å². The first-order chi connectivity index (χ1) is 9.28. The van der Waals surface area contributed by atoms with E-state index in [4.69, 9.17) is 9.84 Å². The summed E-state index contributed by atoms with van der Waals surface area (Å²) in [6.45, 7) is 5.37. The number of carbonyl (C=O) groups excluding carboxylic acids is 1. The molecular formula is C15H19NO4. The predicted molar refractivity (Wildman–Crippen MR) is 74.9 cm³/mol. The van der Waals surface area contributed by atoms with Crippen LogP contribution in [-0.2, 0) is 16.0 Å². The molecule has 1 heterocycles. The first-order valence-corrected chi connectivity index (χ1v) is 6.60. The quantitative estimate of drug-likeness (QED) is 0.902. The Kier molecular flexibility index (Phi) is 3.70. The van der Waals surface area contributed by atoms with E-state index in [2.05, 4.69) is 0 Å². The van der Waals surface area contributed by atoms with E-state index in [0.29, 0.717) is 6.42 Å². The molecule has 0 aromatic heterocycles. The van der Waals surface area contributed by atoms with Crippen LogP contribution >= 0.6 is 0 Å². The van der Waals surface area contributed by atoms with Gasteiger partial charge in [-0.3, -0.25) is 9.69 Å². The maximum Gasteiger partial charge on any atom is 0.415 e. The second kappa shape index (κ2) is 5.15. The SMILES string of the molecule is CC(C)(C)OC(=O)N1c2ccccc2C[C@@H]1CC(=O)O. The Bertz CT molecular complexity index is 533. The van der Waals surface area contributed by atoms with Crippen molar-refractivity contribution in [3.63, 3.8) is 0 Å². The highest BCUT2D eigenvalue weighted by Gasteiger charge is 2.37. The van der Waals surface area contributed by atoms with Crippen LogP contribution in [0.1, 0.15) is 32.8 Å². The lowest BCUT2D eigenvalue weighted by molar-refractivity contribution is -0.137. The molecule has 0 saturated heterocycles. The maximum absolute atomic E-state index is 12.3. The fourth-order valence-electron chi connectivity index (χ4n) is 2.38. The number of nitrogens with zero attached hydrogens (tertiary/aromatic N) is 1. The van der Waals surface area contributed by atoms with Gasteiger partial charge in [0, 0.05) is 0 Å². The van der Waals surface area contributed by atoms with Crippen molar-refractivity contribution in [3.8, 4) is 0 Å². The summed E-state index contributed by atoms with van der Waals surface area (Å²) in [7, 11) is 0. The minimum atomic E-state index is -0.920. The molecule has 2 rings (SSSR count). The zero-order valence-corrected chi connectivity index (χ0v) is 11.9. The number of carboxylic acids is 1. The van der Waals surface area contributed by atoms with E-state index >= 15 is 0 Å². The van der Waals surface area contributed by atoms with Gasteiger partial charge < -0.3 is 9.84 Å². The number of carbonyl (C=O) groups is 2. The second-order valence-corrected chi connectivity index (χ2v) is 5.93. The van der Waals surface area contributed by atoms with E-state index < -0.39 is 17.7 Å². The number of rotatable bonds is 2. The van der Waals surface area contributed by atoms with Crippen LogP contribution in [0.25, 0.3) is 0 Å². The van der Waals surface area contributed by atoms with Gasteiger partial charge in [-0.15, -0.1) is 0 Å². The molecule has 1 aromatic rings. The van der Waals surface area contributed by atoms with E-state index in [9.17, 15) is 9.59 Å². The van der Waals surface area contributed by atoms with Crippen molar-refractivity contribution in [2.24, 2.45) is 0 Å². The van der Waals surface area contributed by atoms with Crippen LogP contribution in [0, 0.1) is 0 Å².